The van der Waals surface area contributed by atoms with E-state index in [4.69, 9.17) is 0 Å². The molecular formula is C5H5F5. The number of alkyl halides is 3. The molecule has 0 heterocycles. The summed E-state index contributed by atoms with van der Waals surface area (Å²) in [5.41, 5.74) is -0.924. The normalized spacial score (nSPS) is 11.4. The zero-order chi connectivity index (χ0) is 8.36. The maximum absolute atomic E-state index is 11.3. The summed E-state index contributed by atoms with van der Waals surface area (Å²) in [5, 5.41) is 0. The lowest BCUT2D eigenvalue weighted by Gasteiger charge is -2.03. The minimum Gasteiger partial charge on any atom is -0.173 e. The molecule has 0 aromatic carbocycles. The lowest BCUT2D eigenvalue weighted by atomic mass is 10.2. The SMILES string of the molecule is CC(CC(F)(F)F)=C(F)F. The highest BCUT2D eigenvalue weighted by atomic mass is 19.4. The Balaban J connectivity index is 4.06. The second-order valence-electron chi connectivity index (χ2n) is 1.83. The minimum absolute atomic E-state index is 0.753. The smallest absolute Gasteiger partial charge is 0.173 e. The van der Waals surface area contributed by atoms with Crippen LogP contribution < -0.4 is 0 Å². The number of hydrogen-bond acceptors (Lipinski definition) is 0. The molecule has 0 aliphatic heterocycles. The summed E-state index contributed by atoms with van der Waals surface area (Å²) in [4.78, 5) is 0. The van der Waals surface area contributed by atoms with Crippen molar-refractivity contribution >= 4 is 0 Å². The first-order valence-electron chi connectivity index (χ1n) is 2.40. The van der Waals surface area contributed by atoms with Gasteiger partial charge in [-0.2, -0.15) is 22.0 Å². The van der Waals surface area contributed by atoms with E-state index in [-0.39, 0.29) is 0 Å². The number of halogens is 5. The largest absolute Gasteiger partial charge is 0.392 e. The Morgan fingerprint density at radius 1 is 1.20 bits per heavy atom. The second-order valence-corrected chi connectivity index (χ2v) is 1.83. The zero-order valence-corrected chi connectivity index (χ0v) is 5.10. The zero-order valence-electron chi connectivity index (χ0n) is 5.10. The molecule has 0 aliphatic rings. The molecule has 5 heteroatoms. The highest BCUT2D eigenvalue weighted by Crippen LogP contribution is 2.26. The highest BCUT2D eigenvalue weighted by molar-refractivity contribution is 4.99. The van der Waals surface area contributed by atoms with E-state index in [2.05, 4.69) is 0 Å². The van der Waals surface area contributed by atoms with Gasteiger partial charge in [0.15, 0.2) is 0 Å². The maximum atomic E-state index is 11.3. The molecule has 0 unspecified atom stereocenters. The van der Waals surface area contributed by atoms with Crippen LogP contribution in [0.25, 0.3) is 0 Å². The van der Waals surface area contributed by atoms with Crippen LogP contribution in [0, 0.1) is 0 Å². The third-order valence-electron chi connectivity index (χ3n) is 0.788. The molecule has 0 saturated heterocycles. The molecule has 0 nitrogen and oxygen atoms in total. The molecule has 0 atom stereocenters. The fourth-order valence-corrected chi connectivity index (χ4v) is 0.367. The summed E-state index contributed by atoms with van der Waals surface area (Å²) < 4.78 is 56.6. The summed E-state index contributed by atoms with van der Waals surface area (Å²) in [5.74, 6) is 0. The van der Waals surface area contributed by atoms with Crippen molar-refractivity contribution in [1.29, 1.82) is 0 Å². The van der Waals surface area contributed by atoms with Gasteiger partial charge in [-0.3, -0.25) is 0 Å². The summed E-state index contributed by atoms with van der Waals surface area (Å²) >= 11 is 0. The molecule has 0 rings (SSSR count). The van der Waals surface area contributed by atoms with E-state index in [0.717, 1.165) is 6.92 Å². The summed E-state index contributed by atoms with van der Waals surface area (Å²) in [6, 6.07) is 0. The monoisotopic (exact) mass is 160 g/mol. The van der Waals surface area contributed by atoms with Crippen LogP contribution in [0.1, 0.15) is 13.3 Å². The van der Waals surface area contributed by atoms with Crippen molar-refractivity contribution in [2.24, 2.45) is 0 Å². The van der Waals surface area contributed by atoms with Crippen LogP contribution in [0.4, 0.5) is 22.0 Å². The molecule has 10 heavy (non-hydrogen) atoms. The lowest BCUT2D eigenvalue weighted by molar-refractivity contribution is -0.127. The molecule has 0 aromatic heterocycles. The van der Waals surface area contributed by atoms with Crippen molar-refractivity contribution < 1.29 is 22.0 Å². The second kappa shape index (κ2) is 2.98. The average molecular weight is 160 g/mol. The first-order valence-corrected chi connectivity index (χ1v) is 2.40. The summed E-state index contributed by atoms with van der Waals surface area (Å²) in [7, 11) is 0. The van der Waals surface area contributed by atoms with E-state index in [9.17, 15) is 22.0 Å². The maximum Gasteiger partial charge on any atom is 0.392 e. The molecule has 0 saturated carbocycles. The van der Waals surface area contributed by atoms with Crippen molar-refractivity contribution in [3.63, 3.8) is 0 Å². The van der Waals surface area contributed by atoms with E-state index < -0.39 is 24.3 Å². The Morgan fingerprint density at radius 2 is 1.60 bits per heavy atom. The minimum atomic E-state index is -4.53. The van der Waals surface area contributed by atoms with Crippen molar-refractivity contribution in [3.05, 3.63) is 11.7 Å². The van der Waals surface area contributed by atoms with Gasteiger partial charge in [0.1, 0.15) is 0 Å². The Hall–Kier alpha value is -0.610. The van der Waals surface area contributed by atoms with Crippen molar-refractivity contribution in [2.75, 3.05) is 0 Å². The molecule has 0 N–H and O–H groups in total. The number of hydrogen-bond donors (Lipinski definition) is 0. The molecule has 0 spiro atoms. The molecule has 0 amide bonds. The van der Waals surface area contributed by atoms with Crippen LogP contribution in [-0.2, 0) is 0 Å². The quantitative estimate of drug-likeness (QED) is 0.517. The van der Waals surface area contributed by atoms with E-state index in [1.807, 2.05) is 0 Å². The van der Waals surface area contributed by atoms with Gasteiger partial charge in [0.2, 0.25) is 0 Å². The summed E-state index contributed by atoms with van der Waals surface area (Å²) in [6.07, 6.45) is -8.32. The van der Waals surface area contributed by atoms with Gasteiger partial charge < -0.3 is 0 Å². The van der Waals surface area contributed by atoms with Crippen LogP contribution >= 0.6 is 0 Å². The van der Waals surface area contributed by atoms with Gasteiger partial charge in [-0.05, 0) is 6.92 Å². The van der Waals surface area contributed by atoms with Gasteiger partial charge >= 0.3 is 6.18 Å². The van der Waals surface area contributed by atoms with E-state index in [1.165, 1.54) is 0 Å². The molecule has 0 aromatic rings. The Bertz CT molecular complexity index is 139. The highest BCUT2D eigenvalue weighted by Gasteiger charge is 2.28. The fraction of sp³-hybridized carbons (Fsp3) is 0.600. The molecule has 60 valence electrons. The predicted molar refractivity (Wildman–Crippen MR) is 25.6 cm³/mol. The predicted octanol–water partition coefficient (Wildman–Crippen LogP) is 3.11. The van der Waals surface area contributed by atoms with E-state index >= 15 is 0 Å². The van der Waals surface area contributed by atoms with Gasteiger partial charge in [-0.25, -0.2) is 0 Å². The first-order chi connectivity index (χ1) is 4.33. The third-order valence-corrected chi connectivity index (χ3v) is 0.788. The average Bonchev–Trinajstić information content (AvgIpc) is 1.60. The molecule has 0 radical (unpaired) electrons. The van der Waals surface area contributed by atoms with Crippen LogP contribution in [0.2, 0.25) is 0 Å². The Morgan fingerprint density at radius 3 is 1.70 bits per heavy atom. The topological polar surface area (TPSA) is 0 Å². The van der Waals surface area contributed by atoms with Gasteiger partial charge in [0.05, 0.1) is 6.42 Å². The van der Waals surface area contributed by atoms with Crippen LogP contribution in [-0.4, -0.2) is 6.18 Å². The standard InChI is InChI=1S/C5H5F5/c1-3(4(6)7)2-5(8,9)10/h2H2,1H3. The van der Waals surface area contributed by atoms with Gasteiger partial charge in [-0.15, -0.1) is 0 Å². The van der Waals surface area contributed by atoms with Crippen LogP contribution in [0.3, 0.4) is 0 Å². The third kappa shape index (κ3) is 4.29. The molecule has 0 aliphatic carbocycles. The van der Waals surface area contributed by atoms with E-state index in [1.54, 1.807) is 0 Å². The van der Waals surface area contributed by atoms with Gasteiger partial charge in [-0.1, -0.05) is 0 Å². The van der Waals surface area contributed by atoms with Gasteiger partial charge in [0, 0.05) is 5.57 Å². The first kappa shape index (κ1) is 9.39. The molecule has 0 fully saturated rings. The van der Waals surface area contributed by atoms with Gasteiger partial charge in [0.25, 0.3) is 6.08 Å². The van der Waals surface area contributed by atoms with Crippen molar-refractivity contribution in [2.45, 2.75) is 19.5 Å². The number of allylic oxidation sites excluding steroid dienone is 1. The number of rotatable bonds is 1. The van der Waals surface area contributed by atoms with Crippen molar-refractivity contribution in [1.82, 2.24) is 0 Å². The molecule has 0 bridgehead atoms. The fourth-order valence-electron chi connectivity index (χ4n) is 0.367. The Labute approximate surface area is 54.3 Å². The van der Waals surface area contributed by atoms with Crippen LogP contribution in [0.15, 0.2) is 11.7 Å². The Kier molecular flexibility index (Phi) is 2.80. The molecular weight excluding hydrogens is 155 g/mol. The van der Waals surface area contributed by atoms with E-state index in [0.29, 0.717) is 0 Å². The lowest BCUT2D eigenvalue weighted by Crippen LogP contribution is -2.07. The summed E-state index contributed by atoms with van der Waals surface area (Å²) in [6.45, 7) is 0.753. The van der Waals surface area contributed by atoms with Crippen LogP contribution in [0.5, 0.6) is 0 Å². The van der Waals surface area contributed by atoms with Crippen molar-refractivity contribution in [3.8, 4) is 0 Å².